The highest BCUT2D eigenvalue weighted by Gasteiger charge is 2.30. The standard InChI is InChI=1S/C79H154O17P2/c1-5-9-13-17-21-24-26-28-30-32-34-36-38-40-42-44-46-49-52-56-60-64-77(82)90-70-75(96-79(84)66-62-58-54-50-47-45-43-41-39-37-35-33-31-29-27-25-22-18-14-10-6-2)72-94-98(87,88)92-68-73(80)67-91-97(85,86)93-71-74(69-89-76(81)63-59-55-51-20-16-12-8-4)95-78(83)65-61-57-53-48-23-19-15-11-7-3/h73-75,80H,5-72H2,1-4H3,(H,85,86)(H,87,88)/t73-,74+,75+/m0/s1. The van der Waals surface area contributed by atoms with E-state index in [4.69, 9.17) is 37.0 Å². The first kappa shape index (κ1) is 96.1. The lowest BCUT2D eigenvalue weighted by molar-refractivity contribution is -0.161. The number of unbranched alkanes of at least 4 members (excludes halogenated alkanes) is 54. The van der Waals surface area contributed by atoms with Crippen LogP contribution in [0, 0.1) is 0 Å². The molecule has 17 nitrogen and oxygen atoms in total. The number of esters is 4. The molecule has 0 aromatic carbocycles. The predicted molar refractivity (Wildman–Crippen MR) is 400 cm³/mol. The van der Waals surface area contributed by atoms with E-state index in [1.165, 1.54) is 244 Å². The molecule has 0 aliphatic rings. The molecule has 19 heteroatoms. The molecule has 0 aromatic heterocycles. The van der Waals surface area contributed by atoms with Crippen LogP contribution in [0.5, 0.6) is 0 Å². The Hall–Kier alpha value is -1.94. The van der Waals surface area contributed by atoms with Crippen molar-refractivity contribution in [1.29, 1.82) is 0 Å². The maximum Gasteiger partial charge on any atom is 0.472 e. The number of carbonyl (C=O) groups is 4. The number of rotatable bonds is 80. The van der Waals surface area contributed by atoms with Crippen LogP contribution in [0.4, 0.5) is 0 Å². The lowest BCUT2D eigenvalue weighted by Gasteiger charge is -2.21. The van der Waals surface area contributed by atoms with E-state index in [0.29, 0.717) is 25.7 Å². The molecule has 5 atom stereocenters. The largest absolute Gasteiger partial charge is 0.472 e. The molecule has 0 aliphatic heterocycles. The molecule has 0 spiro atoms. The van der Waals surface area contributed by atoms with Gasteiger partial charge in [0.25, 0.3) is 0 Å². The molecule has 0 aromatic rings. The van der Waals surface area contributed by atoms with Gasteiger partial charge in [-0.25, -0.2) is 9.13 Å². The third-order valence-corrected chi connectivity index (χ3v) is 20.5. The Bertz CT molecular complexity index is 1860. The second-order valence-electron chi connectivity index (χ2n) is 28.5. The third kappa shape index (κ3) is 72.4. The number of phosphoric ester groups is 2. The van der Waals surface area contributed by atoms with Crippen LogP contribution in [0.15, 0.2) is 0 Å². The highest BCUT2D eigenvalue weighted by atomic mass is 31.2. The molecule has 0 radical (unpaired) electrons. The van der Waals surface area contributed by atoms with Crippen LogP contribution < -0.4 is 0 Å². The quantitative estimate of drug-likeness (QED) is 0.0222. The average molecular weight is 1440 g/mol. The first-order chi connectivity index (χ1) is 47.7. The van der Waals surface area contributed by atoms with Crippen molar-refractivity contribution < 1.29 is 80.2 Å². The second-order valence-corrected chi connectivity index (χ2v) is 31.4. The van der Waals surface area contributed by atoms with Gasteiger partial charge >= 0.3 is 39.5 Å². The van der Waals surface area contributed by atoms with Gasteiger partial charge in [-0.15, -0.1) is 0 Å². The van der Waals surface area contributed by atoms with Gasteiger partial charge in [-0.05, 0) is 25.7 Å². The highest BCUT2D eigenvalue weighted by molar-refractivity contribution is 7.47. The van der Waals surface area contributed by atoms with E-state index < -0.39 is 97.5 Å². The Morgan fingerprint density at radius 1 is 0.245 bits per heavy atom. The molecule has 0 saturated carbocycles. The zero-order valence-corrected chi connectivity index (χ0v) is 65.6. The van der Waals surface area contributed by atoms with Crippen LogP contribution in [0.25, 0.3) is 0 Å². The summed E-state index contributed by atoms with van der Waals surface area (Å²) in [7, 11) is -9.90. The van der Waals surface area contributed by atoms with E-state index in [1.807, 2.05) is 0 Å². The van der Waals surface area contributed by atoms with Crippen molar-refractivity contribution >= 4 is 39.5 Å². The number of aliphatic hydroxyl groups excluding tert-OH is 1. The molecule has 0 heterocycles. The smallest absolute Gasteiger partial charge is 0.462 e. The molecular weight excluding hydrogens is 1280 g/mol. The van der Waals surface area contributed by atoms with Gasteiger partial charge in [-0.3, -0.25) is 37.3 Å². The van der Waals surface area contributed by atoms with E-state index in [0.717, 1.165) is 103 Å². The number of carbonyl (C=O) groups excluding carboxylic acids is 4. The summed E-state index contributed by atoms with van der Waals surface area (Å²) in [5, 5.41) is 10.6. The highest BCUT2D eigenvalue weighted by Crippen LogP contribution is 2.45. The summed E-state index contributed by atoms with van der Waals surface area (Å²) in [6.07, 6.45) is 65.7. The molecule has 0 aliphatic carbocycles. The number of ether oxygens (including phenoxy) is 4. The summed E-state index contributed by atoms with van der Waals surface area (Å²) < 4.78 is 68.4. The van der Waals surface area contributed by atoms with E-state index >= 15 is 0 Å². The van der Waals surface area contributed by atoms with E-state index in [-0.39, 0.29) is 25.7 Å². The monoisotopic (exact) mass is 1440 g/mol. The minimum Gasteiger partial charge on any atom is -0.462 e. The fourth-order valence-electron chi connectivity index (χ4n) is 12.3. The minimum atomic E-state index is -4.96. The number of hydrogen-bond donors (Lipinski definition) is 3. The van der Waals surface area contributed by atoms with Crippen LogP contribution >= 0.6 is 15.6 Å². The minimum absolute atomic E-state index is 0.106. The normalized spacial score (nSPS) is 13.8. The van der Waals surface area contributed by atoms with Gasteiger partial charge in [0.05, 0.1) is 26.4 Å². The molecule has 98 heavy (non-hydrogen) atoms. The van der Waals surface area contributed by atoms with Gasteiger partial charge in [-0.2, -0.15) is 0 Å². The van der Waals surface area contributed by atoms with E-state index in [9.17, 15) is 43.2 Å². The van der Waals surface area contributed by atoms with Crippen molar-refractivity contribution in [1.82, 2.24) is 0 Å². The molecule has 2 unspecified atom stereocenters. The van der Waals surface area contributed by atoms with Crippen LogP contribution in [-0.4, -0.2) is 96.7 Å². The first-order valence-corrected chi connectivity index (χ1v) is 44.3. The molecule has 582 valence electrons. The van der Waals surface area contributed by atoms with Crippen LogP contribution in [0.1, 0.15) is 426 Å². The second kappa shape index (κ2) is 73.4. The summed E-state index contributed by atoms with van der Waals surface area (Å²) in [4.78, 5) is 72.6. The van der Waals surface area contributed by atoms with Crippen molar-refractivity contribution in [2.75, 3.05) is 39.6 Å². The summed E-state index contributed by atoms with van der Waals surface area (Å²) in [5.41, 5.74) is 0. The van der Waals surface area contributed by atoms with Gasteiger partial charge < -0.3 is 33.8 Å². The SMILES string of the molecule is CCCCCCCCCCCCCCCCCCCCCCCC(=O)OC[C@H](COP(=O)(O)OC[C@@H](O)COP(=O)(O)OC[C@@H](COC(=O)CCCCCCCCC)OC(=O)CCCCCCCCCCC)OC(=O)CCCCCCCCCCCCCCCCCCCCCCC. The zero-order valence-electron chi connectivity index (χ0n) is 63.8. The molecule has 0 amide bonds. The molecule has 0 saturated heterocycles. The number of aliphatic hydroxyl groups is 1. The maximum atomic E-state index is 13.1. The van der Waals surface area contributed by atoms with Crippen molar-refractivity contribution in [2.45, 2.75) is 444 Å². The Morgan fingerprint density at radius 3 is 0.602 bits per heavy atom. The molecule has 0 rings (SSSR count). The lowest BCUT2D eigenvalue weighted by atomic mass is 10.0. The Kier molecular flexibility index (Phi) is 71.9. The van der Waals surface area contributed by atoms with Gasteiger partial charge in [0.1, 0.15) is 19.3 Å². The summed E-state index contributed by atoms with van der Waals surface area (Å²) in [6, 6.07) is 0. The average Bonchev–Trinajstić information content (AvgIpc) is 0.969. The summed E-state index contributed by atoms with van der Waals surface area (Å²) in [5.74, 6) is -2.12. The van der Waals surface area contributed by atoms with Crippen LogP contribution in [0.2, 0.25) is 0 Å². The summed E-state index contributed by atoms with van der Waals surface area (Å²) in [6.45, 7) is 4.94. The molecular formula is C79H154O17P2. The zero-order chi connectivity index (χ0) is 71.8. The predicted octanol–water partition coefficient (Wildman–Crippen LogP) is 23.8. The molecule has 0 fully saturated rings. The van der Waals surface area contributed by atoms with E-state index in [2.05, 4.69) is 27.7 Å². The van der Waals surface area contributed by atoms with Crippen LogP contribution in [-0.2, 0) is 65.4 Å². The van der Waals surface area contributed by atoms with Crippen molar-refractivity contribution in [3.63, 3.8) is 0 Å². The third-order valence-electron chi connectivity index (χ3n) is 18.6. The van der Waals surface area contributed by atoms with Gasteiger partial charge in [0.15, 0.2) is 12.2 Å². The fraction of sp³-hybridized carbons (Fsp3) is 0.949. The Balaban J connectivity index is 5.11. The maximum absolute atomic E-state index is 13.1. The van der Waals surface area contributed by atoms with Crippen LogP contribution in [0.3, 0.4) is 0 Å². The topological polar surface area (TPSA) is 237 Å². The van der Waals surface area contributed by atoms with Gasteiger partial charge in [-0.1, -0.05) is 374 Å². The molecule has 0 bridgehead atoms. The Labute approximate surface area is 600 Å². The first-order valence-electron chi connectivity index (χ1n) is 41.3. The fourth-order valence-corrected chi connectivity index (χ4v) is 13.9. The Morgan fingerprint density at radius 2 is 0.408 bits per heavy atom. The van der Waals surface area contributed by atoms with Gasteiger partial charge in [0, 0.05) is 25.7 Å². The van der Waals surface area contributed by atoms with Crippen molar-refractivity contribution in [3.05, 3.63) is 0 Å². The number of phosphoric acid groups is 2. The van der Waals surface area contributed by atoms with Gasteiger partial charge in [0.2, 0.25) is 0 Å². The lowest BCUT2D eigenvalue weighted by Crippen LogP contribution is -2.30. The molecule has 3 N–H and O–H groups in total. The number of hydrogen-bond acceptors (Lipinski definition) is 15. The van der Waals surface area contributed by atoms with Crippen molar-refractivity contribution in [3.8, 4) is 0 Å². The van der Waals surface area contributed by atoms with E-state index in [1.54, 1.807) is 0 Å². The van der Waals surface area contributed by atoms with Crippen molar-refractivity contribution in [2.24, 2.45) is 0 Å². The summed E-state index contributed by atoms with van der Waals surface area (Å²) >= 11 is 0.